The third kappa shape index (κ3) is 7.36. The van der Waals surface area contributed by atoms with E-state index in [-0.39, 0.29) is 5.97 Å². The number of benzene rings is 2. The predicted octanol–water partition coefficient (Wildman–Crippen LogP) is 6.51. The lowest BCUT2D eigenvalue weighted by atomic mass is 9.99. The molecule has 0 N–H and O–H groups in total. The number of methoxy groups -OCH3 is 1. The zero-order valence-electron chi connectivity index (χ0n) is 21.0. The smallest absolute Gasteiger partial charge is 0.333 e. The Hall–Kier alpha value is -2.79. The van der Waals surface area contributed by atoms with Gasteiger partial charge in [-0.2, -0.15) is 0 Å². The Morgan fingerprint density at radius 1 is 0.941 bits per heavy atom. The van der Waals surface area contributed by atoms with Crippen molar-refractivity contribution in [2.75, 3.05) is 44.9 Å². The summed E-state index contributed by atoms with van der Waals surface area (Å²) in [6, 6.07) is 14.7. The van der Waals surface area contributed by atoms with Crippen LogP contribution in [0.1, 0.15) is 57.9 Å². The summed E-state index contributed by atoms with van der Waals surface area (Å²) >= 11 is 0. The van der Waals surface area contributed by atoms with Gasteiger partial charge in [-0.25, -0.2) is 4.79 Å². The lowest BCUT2D eigenvalue weighted by Crippen LogP contribution is -2.25. The second-order valence-corrected chi connectivity index (χ2v) is 8.72. The standard InChI is InChI=1S/C29H39NO4/c1-4-6-18-33-19-20-34-27-13-10-23(11-14-27)24-12-15-28-26(21-24)22-25(29(31)32-3)9-7-8-17-30(28)16-5-2/h10-15,21-22H,4-9,16-20H2,1-3H3/b25-22-. The molecule has 0 saturated heterocycles. The van der Waals surface area contributed by atoms with Gasteiger partial charge >= 0.3 is 5.97 Å². The molecular formula is C29H39NO4. The maximum Gasteiger partial charge on any atom is 0.333 e. The van der Waals surface area contributed by atoms with E-state index >= 15 is 0 Å². The Kier molecular flexibility index (Phi) is 10.5. The molecule has 184 valence electrons. The summed E-state index contributed by atoms with van der Waals surface area (Å²) in [6.45, 7) is 8.31. The summed E-state index contributed by atoms with van der Waals surface area (Å²) in [6.07, 6.45) is 8.11. The third-order valence-electron chi connectivity index (χ3n) is 6.09. The van der Waals surface area contributed by atoms with E-state index < -0.39 is 0 Å². The number of fused-ring (bicyclic) bond motifs is 1. The van der Waals surface area contributed by atoms with Gasteiger partial charge in [-0.15, -0.1) is 0 Å². The Bertz CT molecular complexity index is 936. The number of nitrogens with zero attached hydrogens (tertiary/aromatic N) is 1. The summed E-state index contributed by atoms with van der Waals surface area (Å²) in [5, 5.41) is 0. The van der Waals surface area contributed by atoms with Crippen LogP contribution >= 0.6 is 0 Å². The number of anilines is 1. The van der Waals surface area contributed by atoms with Crippen molar-refractivity contribution in [3.8, 4) is 16.9 Å². The minimum Gasteiger partial charge on any atom is -0.491 e. The van der Waals surface area contributed by atoms with Crippen LogP contribution in [0.2, 0.25) is 0 Å². The van der Waals surface area contributed by atoms with E-state index in [9.17, 15) is 4.79 Å². The Balaban J connectivity index is 1.80. The van der Waals surface area contributed by atoms with Crippen LogP contribution in [0.4, 0.5) is 5.69 Å². The van der Waals surface area contributed by atoms with Crippen LogP contribution in [0, 0.1) is 0 Å². The molecule has 0 aromatic heterocycles. The third-order valence-corrected chi connectivity index (χ3v) is 6.09. The fourth-order valence-electron chi connectivity index (χ4n) is 4.24. The van der Waals surface area contributed by atoms with E-state index in [2.05, 4.69) is 49.1 Å². The van der Waals surface area contributed by atoms with Gasteiger partial charge in [0.1, 0.15) is 12.4 Å². The molecule has 0 fully saturated rings. The highest BCUT2D eigenvalue weighted by Gasteiger charge is 2.17. The highest BCUT2D eigenvalue weighted by molar-refractivity contribution is 5.95. The highest BCUT2D eigenvalue weighted by atomic mass is 16.5. The van der Waals surface area contributed by atoms with Crippen LogP contribution in [0.3, 0.4) is 0 Å². The number of esters is 1. The zero-order valence-corrected chi connectivity index (χ0v) is 21.0. The molecule has 0 radical (unpaired) electrons. The first-order valence-corrected chi connectivity index (χ1v) is 12.6. The van der Waals surface area contributed by atoms with Crippen molar-refractivity contribution in [1.82, 2.24) is 0 Å². The molecule has 5 nitrogen and oxygen atoms in total. The van der Waals surface area contributed by atoms with Crippen LogP contribution in [0.25, 0.3) is 17.2 Å². The van der Waals surface area contributed by atoms with Gasteiger partial charge in [0.25, 0.3) is 0 Å². The minimum atomic E-state index is -0.236. The largest absolute Gasteiger partial charge is 0.491 e. The first-order valence-electron chi connectivity index (χ1n) is 12.6. The van der Waals surface area contributed by atoms with E-state index in [0.29, 0.717) is 13.2 Å². The van der Waals surface area contributed by atoms with Gasteiger partial charge in [0.15, 0.2) is 0 Å². The normalized spacial score (nSPS) is 15.4. The van der Waals surface area contributed by atoms with E-state index in [1.54, 1.807) is 0 Å². The molecule has 0 aliphatic carbocycles. The van der Waals surface area contributed by atoms with Gasteiger partial charge in [-0.3, -0.25) is 0 Å². The van der Waals surface area contributed by atoms with E-state index in [1.165, 1.54) is 12.8 Å². The number of carbonyl (C=O) groups excluding carboxylic acids is 1. The number of hydrogen-bond acceptors (Lipinski definition) is 5. The number of carbonyl (C=O) groups is 1. The number of hydrogen-bond donors (Lipinski definition) is 0. The molecule has 1 aliphatic heterocycles. The van der Waals surface area contributed by atoms with Gasteiger partial charge in [-0.05, 0) is 79.1 Å². The molecule has 0 spiro atoms. The first-order chi connectivity index (χ1) is 16.7. The van der Waals surface area contributed by atoms with Crippen molar-refractivity contribution in [2.45, 2.75) is 52.4 Å². The van der Waals surface area contributed by atoms with Crippen molar-refractivity contribution in [1.29, 1.82) is 0 Å². The second-order valence-electron chi connectivity index (χ2n) is 8.72. The molecule has 2 aromatic rings. The first kappa shape index (κ1) is 25.8. The molecular weight excluding hydrogens is 426 g/mol. The molecule has 1 aliphatic rings. The molecule has 34 heavy (non-hydrogen) atoms. The maximum absolute atomic E-state index is 12.4. The van der Waals surface area contributed by atoms with E-state index in [1.807, 2.05) is 18.2 Å². The van der Waals surface area contributed by atoms with Crippen LogP contribution in [-0.2, 0) is 14.3 Å². The van der Waals surface area contributed by atoms with Crippen molar-refractivity contribution < 1.29 is 19.0 Å². The van der Waals surface area contributed by atoms with Crippen molar-refractivity contribution in [3.05, 3.63) is 53.6 Å². The molecule has 0 atom stereocenters. The molecule has 0 amide bonds. The molecule has 1 heterocycles. The van der Waals surface area contributed by atoms with Crippen LogP contribution in [0.15, 0.2) is 48.0 Å². The molecule has 0 bridgehead atoms. The number of unbranched alkanes of at least 4 members (excludes halogenated alkanes) is 1. The monoisotopic (exact) mass is 465 g/mol. The van der Waals surface area contributed by atoms with Crippen LogP contribution in [0.5, 0.6) is 5.75 Å². The van der Waals surface area contributed by atoms with Crippen molar-refractivity contribution in [2.24, 2.45) is 0 Å². The Labute approximate surface area is 204 Å². The topological polar surface area (TPSA) is 48.0 Å². The quantitative estimate of drug-likeness (QED) is 0.280. The SMILES string of the molecule is CCCCOCCOc1ccc(-c2ccc3c(c2)/C=C(\C(=O)OC)CCCCN3CCC)cc1. The Morgan fingerprint density at radius 3 is 2.47 bits per heavy atom. The van der Waals surface area contributed by atoms with Crippen molar-refractivity contribution >= 4 is 17.7 Å². The lowest BCUT2D eigenvalue weighted by Gasteiger charge is -2.26. The number of ether oxygens (including phenoxy) is 3. The minimum absolute atomic E-state index is 0.236. The molecule has 3 rings (SSSR count). The number of rotatable bonds is 11. The average molecular weight is 466 g/mol. The molecule has 0 unspecified atom stereocenters. The molecule has 2 aromatic carbocycles. The summed E-state index contributed by atoms with van der Waals surface area (Å²) in [5.41, 5.74) is 5.22. The van der Waals surface area contributed by atoms with Gasteiger partial charge in [-0.1, -0.05) is 38.5 Å². The summed E-state index contributed by atoms with van der Waals surface area (Å²) in [4.78, 5) is 14.8. The van der Waals surface area contributed by atoms with E-state index in [4.69, 9.17) is 14.2 Å². The Morgan fingerprint density at radius 2 is 1.74 bits per heavy atom. The summed E-state index contributed by atoms with van der Waals surface area (Å²) < 4.78 is 16.4. The highest BCUT2D eigenvalue weighted by Crippen LogP contribution is 2.32. The fourth-order valence-corrected chi connectivity index (χ4v) is 4.24. The zero-order chi connectivity index (χ0) is 24.2. The van der Waals surface area contributed by atoms with Crippen LogP contribution in [-0.4, -0.2) is 46.0 Å². The summed E-state index contributed by atoms with van der Waals surface area (Å²) in [5.74, 6) is 0.605. The van der Waals surface area contributed by atoms with E-state index in [0.717, 1.165) is 86.2 Å². The average Bonchev–Trinajstić information content (AvgIpc) is 2.95. The summed E-state index contributed by atoms with van der Waals surface area (Å²) in [7, 11) is 1.46. The predicted molar refractivity (Wildman–Crippen MR) is 139 cm³/mol. The maximum atomic E-state index is 12.4. The van der Waals surface area contributed by atoms with Crippen LogP contribution < -0.4 is 9.64 Å². The van der Waals surface area contributed by atoms with Gasteiger partial charge in [0, 0.05) is 31.0 Å². The van der Waals surface area contributed by atoms with Gasteiger partial charge in [0.05, 0.1) is 13.7 Å². The van der Waals surface area contributed by atoms with Crippen molar-refractivity contribution in [3.63, 3.8) is 0 Å². The lowest BCUT2D eigenvalue weighted by molar-refractivity contribution is -0.136. The fraction of sp³-hybridized carbons (Fsp3) is 0.483. The van der Waals surface area contributed by atoms with Gasteiger partial charge in [0.2, 0.25) is 0 Å². The molecule has 5 heteroatoms. The second kappa shape index (κ2) is 13.8. The molecule has 0 saturated carbocycles. The van der Waals surface area contributed by atoms with Gasteiger partial charge < -0.3 is 19.1 Å².